The predicted octanol–water partition coefficient (Wildman–Crippen LogP) is 16.8. The molecule has 0 fully saturated rings. The molecule has 0 saturated carbocycles. The monoisotopic (exact) mass is 835 g/mol. The lowest BCUT2D eigenvalue weighted by Crippen LogP contribution is -2.30. The summed E-state index contributed by atoms with van der Waals surface area (Å²) in [5, 5.41) is 0. The van der Waals surface area contributed by atoms with E-state index in [4.69, 9.17) is 14.2 Å². The standard InChI is InChI=1S/C53H102O6/c1-7-49(6)41-35-29-25-26-32-38-44-53(56)59-50(46-58-52(55)43-37-31-24-20-16-18-22-28-34-40-48(4)5)45-57-51(54)42-36-30-23-19-15-13-11-9-8-10-12-14-17-21-27-33-39-47(2)3/h47-50H,7-46H2,1-6H3/t49?,50-/m1/s1. The van der Waals surface area contributed by atoms with Crippen LogP contribution < -0.4 is 0 Å². The molecule has 0 aromatic carbocycles. The minimum absolute atomic E-state index is 0.0655. The molecule has 6 nitrogen and oxygen atoms in total. The minimum Gasteiger partial charge on any atom is -0.462 e. The summed E-state index contributed by atoms with van der Waals surface area (Å²) in [6.45, 7) is 13.7. The van der Waals surface area contributed by atoms with Gasteiger partial charge in [-0.1, -0.05) is 247 Å². The maximum Gasteiger partial charge on any atom is 0.306 e. The van der Waals surface area contributed by atoms with Crippen LogP contribution in [0.25, 0.3) is 0 Å². The van der Waals surface area contributed by atoms with Gasteiger partial charge in [-0.25, -0.2) is 0 Å². The molecule has 0 amide bonds. The number of hydrogen-bond donors (Lipinski definition) is 0. The first-order chi connectivity index (χ1) is 28.6. The predicted molar refractivity (Wildman–Crippen MR) is 252 cm³/mol. The Bertz CT molecular complexity index is 916. The second-order valence-electron chi connectivity index (χ2n) is 19.4. The van der Waals surface area contributed by atoms with E-state index in [-0.39, 0.29) is 31.1 Å². The molecule has 0 heterocycles. The molecule has 0 saturated heterocycles. The Balaban J connectivity index is 4.24. The van der Waals surface area contributed by atoms with Gasteiger partial charge in [-0.3, -0.25) is 14.4 Å². The van der Waals surface area contributed by atoms with E-state index in [1.807, 2.05) is 0 Å². The lowest BCUT2D eigenvalue weighted by atomic mass is 10.00. The zero-order chi connectivity index (χ0) is 43.4. The largest absolute Gasteiger partial charge is 0.462 e. The Morgan fingerprint density at radius 2 is 0.593 bits per heavy atom. The van der Waals surface area contributed by atoms with Crippen molar-refractivity contribution in [3.63, 3.8) is 0 Å². The molecule has 0 aromatic heterocycles. The molecule has 0 aliphatic carbocycles. The summed E-state index contributed by atoms with van der Waals surface area (Å²) < 4.78 is 16.8. The highest BCUT2D eigenvalue weighted by molar-refractivity contribution is 5.71. The van der Waals surface area contributed by atoms with Crippen molar-refractivity contribution in [2.45, 2.75) is 292 Å². The maximum absolute atomic E-state index is 12.7. The second kappa shape index (κ2) is 44.5. The summed E-state index contributed by atoms with van der Waals surface area (Å²) in [6.07, 6.45) is 43.9. The molecule has 0 aliphatic rings. The molecule has 1 unspecified atom stereocenters. The number of carbonyl (C=O) groups excluding carboxylic acids is 3. The lowest BCUT2D eigenvalue weighted by Gasteiger charge is -2.18. The summed E-state index contributed by atoms with van der Waals surface area (Å²) in [4.78, 5) is 37.9. The molecular formula is C53H102O6. The van der Waals surface area contributed by atoms with Gasteiger partial charge in [-0.15, -0.1) is 0 Å². The van der Waals surface area contributed by atoms with E-state index in [2.05, 4.69) is 41.5 Å². The summed E-state index contributed by atoms with van der Waals surface area (Å²) in [7, 11) is 0. The highest BCUT2D eigenvalue weighted by Crippen LogP contribution is 2.18. The highest BCUT2D eigenvalue weighted by atomic mass is 16.6. The van der Waals surface area contributed by atoms with Crippen LogP contribution in [0, 0.1) is 17.8 Å². The fourth-order valence-corrected chi connectivity index (χ4v) is 7.91. The van der Waals surface area contributed by atoms with Crippen molar-refractivity contribution in [1.29, 1.82) is 0 Å². The molecule has 2 atom stereocenters. The van der Waals surface area contributed by atoms with Gasteiger partial charge in [0.25, 0.3) is 0 Å². The van der Waals surface area contributed by atoms with E-state index < -0.39 is 6.10 Å². The number of carbonyl (C=O) groups is 3. The van der Waals surface area contributed by atoms with E-state index in [1.54, 1.807) is 0 Å². The molecule has 0 rings (SSSR count). The van der Waals surface area contributed by atoms with Gasteiger partial charge in [-0.05, 0) is 37.0 Å². The van der Waals surface area contributed by atoms with Crippen LogP contribution in [-0.2, 0) is 28.6 Å². The van der Waals surface area contributed by atoms with Crippen molar-refractivity contribution in [2.75, 3.05) is 13.2 Å². The maximum atomic E-state index is 12.7. The van der Waals surface area contributed by atoms with Crippen molar-refractivity contribution in [3.05, 3.63) is 0 Å². The molecule has 0 aromatic rings. The van der Waals surface area contributed by atoms with Crippen molar-refractivity contribution in [2.24, 2.45) is 17.8 Å². The topological polar surface area (TPSA) is 78.9 Å². The average Bonchev–Trinajstić information content (AvgIpc) is 3.20. The smallest absolute Gasteiger partial charge is 0.306 e. The van der Waals surface area contributed by atoms with Crippen LogP contribution in [0.1, 0.15) is 286 Å². The molecule has 59 heavy (non-hydrogen) atoms. The Morgan fingerprint density at radius 3 is 0.881 bits per heavy atom. The highest BCUT2D eigenvalue weighted by Gasteiger charge is 2.19. The first-order valence-corrected chi connectivity index (χ1v) is 26.1. The summed E-state index contributed by atoms with van der Waals surface area (Å²) in [6, 6.07) is 0. The minimum atomic E-state index is -0.763. The van der Waals surface area contributed by atoms with Crippen LogP contribution in [-0.4, -0.2) is 37.2 Å². The van der Waals surface area contributed by atoms with Crippen LogP contribution in [0.4, 0.5) is 0 Å². The summed E-state index contributed by atoms with van der Waals surface area (Å²) >= 11 is 0. The number of esters is 3. The van der Waals surface area contributed by atoms with Crippen molar-refractivity contribution in [3.8, 4) is 0 Å². The van der Waals surface area contributed by atoms with E-state index in [1.165, 1.54) is 167 Å². The Hall–Kier alpha value is -1.59. The van der Waals surface area contributed by atoms with Crippen LogP contribution in [0.15, 0.2) is 0 Å². The third-order valence-electron chi connectivity index (χ3n) is 12.3. The quantitative estimate of drug-likeness (QED) is 0.0345. The van der Waals surface area contributed by atoms with Gasteiger partial charge >= 0.3 is 17.9 Å². The number of unbranched alkanes of at least 4 members (excludes halogenated alkanes) is 28. The molecule has 6 heteroatoms. The van der Waals surface area contributed by atoms with Gasteiger partial charge in [0, 0.05) is 19.3 Å². The zero-order valence-corrected chi connectivity index (χ0v) is 40.5. The first kappa shape index (κ1) is 57.4. The van der Waals surface area contributed by atoms with Crippen molar-refractivity contribution < 1.29 is 28.6 Å². The average molecular weight is 835 g/mol. The van der Waals surface area contributed by atoms with Gasteiger partial charge in [0.1, 0.15) is 13.2 Å². The molecule has 0 radical (unpaired) electrons. The lowest BCUT2D eigenvalue weighted by molar-refractivity contribution is -0.167. The number of ether oxygens (including phenoxy) is 3. The first-order valence-electron chi connectivity index (χ1n) is 26.1. The molecule has 0 bridgehead atoms. The Labute approximate surface area is 368 Å². The molecular weight excluding hydrogens is 733 g/mol. The summed E-state index contributed by atoms with van der Waals surface area (Å²) in [5.74, 6) is 1.61. The third-order valence-corrected chi connectivity index (χ3v) is 12.3. The van der Waals surface area contributed by atoms with Crippen LogP contribution >= 0.6 is 0 Å². The zero-order valence-electron chi connectivity index (χ0n) is 40.5. The summed E-state index contributed by atoms with van der Waals surface area (Å²) in [5.41, 5.74) is 0. The van der Waals surface area contributed by atoms with Crippen molar-refractivity contribution >= 4 is 17.9 Å². The number of hydrogen-bond acceptors (Lipinski definition) is 6. The van der Waals surface area contributed by atoms with E-state index in [0.29, 0.717) is 19.3 Å². The van der Waals surface area contributed by atoms with E-state index >= 15 is 0 Å². The Morgan fingerprint density at radius 1 is 0.339 bits per heavy atom. The van der Waals surface area contributed by atoms with Crippen LogP contribution in [0.5, 0.6) is 0 Å². The van der Waals surface area contributed by atoms with Crippen LogP contribution in [0.3, 0.4) is 0 Å². The van der Waals surface area contributed by atoms with Gasteiger partial charge < -0.3 is 14.2 Å². The fraction of sp³-hybridized carbons (Fsp3) is 0.943. The SMILES string of the molecule is CCC(C)CCCCCCCCC(=O)O[C@H](COC(=O)CCCCCCCCCCCCCCCCCCC(C)C)COC(=O)CCCCCCCCCCCC(C)C. The van der Waals surface area contributed by atoms with Gasteiger partial charge in [0.2, 0.25) is 0 Å². The molecule has 0 spiro atoms. The number of rotatable bonds is 46. The fourth-order valence-electron chi connectivity index (χ4n) is 7.91. The Kier molecular flexibility index (Phi) is 43.3. The van der Waals surface area contributed by atoms with Crippen molar-refractivity contribution in [1.82, 2.24) is 0 Å². The molecule has 0 N–H and O–H groups in total. The molecule has 350 valence electrons. The van der Waals surface area contributed by atoms with Gasteiger partial charge in [0.15, 0.2) is 6.10 Å². The van der Waals surface area contributed by atoms with E-state index in [0.717, 1.165) is 75.5 Å². The van der Waals surface area contributed by atoms with Crippen LogP contribution in [0.2, 0.25) is 0 Å². The second-order valence-corrected chi connectivity index (χ2v) is 19.4. The molecule has 0 aliphatic heterocycles. The van der Waals surface area contributed by atoms with Gasteiger partial charge in [0.05, 0.1) is 0 Å². The third kappa shape index (κ3) is 45.8. The normalized spacial score (nSPS) is 12.6. The van der Waals surface area contributed by atoms with E-state index in [9.17, 15) is 14.4 Å². The van der Waals surface area contributed by atoms with Gasteiger partial charge in [-0.2, -0.15) is 0 Å².